The Kier molecular flexibility index (Phi) is 20.6. The van der Waals surface area contributed by atoms with Crippen molar-refractivity contribution in [1.29, 1.82) is 0 Å². The normalized spacial score (nSPS) is 23.4. The number of rotatable bonds is 11. The molecular weight excluding hydrogens is 1040 g/mol. The molecule has 4 heterocycles. The molecule has 11 heteroatoms. The summed E-state index contributed by atoms with van der Waals surface area (Å²) < 4.78 is 8.35. The molecule has 3 aliphatic heterocycles. The van der Waals surface area contributed by atoms with Gasteiger partial charge in [0.15, 0.2) is 5.78 Å². The van der Waals surface area contributed by atoms with E-state index in [1.807, 2.05) is 27.8 Å². The number of carbonyl (C=O) groups excluding carboxylic acids is 3. The van der Waals surface area contributed by atoms with Crippen molar-refractivity contribution in [3.8, 4) is 0 Å². The van der Waals surface area contributed by atoms with Crippen LogP contribution in [0.3, 0.4) is 0 Å². The number of carbonyl (C=O) groups is 3. The van der Waals surface area contributed by atoms with Gasteiger partial charge in [0, 0.05) is 28.4 Å². The van der Waals surface area contributed by atoms with Gasteiger partial charge in [-0.1, -0.05) is 154 Å². The van der Waals surface area contributed by atoms with Gasteiger partial charge in [-0.15, -0.1) is 0 Å². The van der Waals surface area contributed by atoms with Crippen molar-refractivity contribution in [2.45, 2.75) is 232 Å². The maximum absolute atomic E-state index is 12.7. The quantitative estimate of drug-likeness (QED) is 0.153. The number of ketones is 1. The molecule has 2 amide bonds. The molecule has 3 saturated heterocycles. The number of nitrogens with zero attached hydrogens (tertiary/aromatic N) is 5. The van der Waals surface area contributed by atoms with Crippen LogP contribution in [0.1, 0.15) is 256 Å². The lowest BCUT2D eigenvalue weighted by atomic mass is 9.63. The largest absolute Gasteiger partial charge is 0.370 e. The average molecular weight is 1150 g/mol. The topological polar surface area (TPSA) is 112 Å². The predicted octanol–water partition coefficient (Wildman–Crippen LogP) is 15.2. The Morgan fingerprint density at radius 2 is 0.988 bits per heavy atom. The molecule has 3 spiro atoms. The molecule has 3 atom stereocenters. The molecule has 0 radical (unpaired) electrons. The fraction of sp³-hybridized carbons (Fsp3) is 0.671. The third kappa shape index (κ3) is 16.1. The number of piperidine rings is 3. The van der Waals surface area contributed by atoms with E-state index in [9.17, 15) is 14.4 Å². The summed E-state index contributed by atoms with van der Waals surface area (Å²) in [5, 5.41) is 10.5. The first-order valence-corrected chi connectivity index (χ1v) is 33.1. The van der Waals surface area contributed by atoms with E-state index in [0.29, 0.717) is 46.3 Å². The fourth-order valence-electron chi connectivity index (χ4n) is 15.4. The highest BCUT2D eigenvalue weighted by Crippen LogP contribution is 2.52. The third-order valence-corrected chi connectivity index (χ3v) is 21.0. The van der Waals surface area contributed by atoms with E-state index in [2.05, 4.69) is 145 Å². The minimum Gasteiger partial charge on any atom is -0.370 e. The number of benzene rings is 3. The first-order valence-electron chi connectivity index (χ1n) is 33.1. The van der Waals surface area contributed by atoms with Crippen LogP contribution in [-0.4, -0.2) is 107 Å². The van der Waals surface area contributed by atoms with E-state index in [4.69, 9.17) is 4.74 Å². The highest BCUT2D eigenvalue weighted by atomic mass is 16.5. The van der Waals surface area contributed by atoms with E-state index in [1.165, 1.54) is 151 Å². The molecule has 1 unspecified atom stereocenters. The van der Waals surface area contributed by atoms with Crippen LogP contribution in [0.15, 0.2) is 85.2 Å². The Bertz CT molecular complexity index is 2820. The molecule has 2 N–H and O–H groups in total. The summed E-state index contributed by atoms with van der Waals surface area (Å²) in [6, 6.07) is 26.9. The fourth-order valence-corrected chi connectivity index (χ4v) is 15.4. The van der Waals surface area contributed by atoms with Crippen molar-refractivity contribution < 1.29 is 22.0 Å². The lowest BCUT2D eigenvalue weighted by Gasteiger charge is -2.48. The van der Waals surface area contributed by atoms with Crippen LogP contribution in [0.25, 0.3) is 0 Å². The number of aryl methyl sites for hydroxylation is 1. The SMILES string of the molecule is CC(=O)N[C@H]1CCC2(CCN(CC(=O)C(C)(C)C)CC2)c2ccccc21.CC(C)(C)CCN1CCC2(CCC(OC3CCCCC3)c3ccccc32)CC1.Cn1cc(C(=O)N[C@@H]2CCC3(CCN(CCC(C)(C)C)CC3)c3ccccc32)cn1.[HH].[HH]. The van der Waals surface area contributed by atoms with Gasteiger partial charge in [0.2, 0.25) is 5.91 Å². The number of hydrogen-bond donors (Lipinski definition) is 2. The molecular formula is C73H113N7O4. The molecule has 84 heavy (non-hydrogen) atoms. The minimum atomic E-state index is -0.266. The Morgan fingerprint density at radius 1 is 0.560 bits per heavy atom. The highest BCUT2D eigenvalue weighted by Gasteiger charge is 2.46. The summed E-state index contributed by atoms with van der Waals surface area (Å²) >= 11 is 0. The average Bonchev–Trinajstić information content (AvgIpc) is 0.887. The number of Topliss-reactive ketones (excluding diaryl/α,β-unsaturated/α-hetero) is 1. The summed E-state index contributed by atoms with van der Waals surface area (Å²) in [4.78, 5) is 44.3. The number of nitrogens with one attached hydrogen (secondary N) is 2. The van der Waals surface area contributed by atoms with E-state index in [-0.39, 0.29) is 43.0 Å². The third-order valence-electron chi connectivity index (χ3n) is 21.0. The molecule has 1 saturated carbocycles. The zero-order valence-corrected chi connectivity index (χ0v) is 54.1. The molecule has 4 fully saturated rings. The standard InChI is InChI=1S/C26H41NO.C25H36N4O.C22H32N2O2.2H2/c1-25(2,3)15-18-27-19-16-26(17-20-27)14-13-24(22-11-7-8-12-23(22)26)28-21-9-5-4-6-10-21;1-24(2,3)11-14-29-15-12-25(13-16-29)10-9-22(20-7-5-6-8-21(20)25)27-23(30)19-17-26-28(4)18-19;1-16(25)23-19-9-10-22(18-8-6-5-7-17(18)19)11-13-24(14-12-22)15-20(26)21(2,3)4;;/h7-8,11-12,21,24H,4-6,9-10,13-20H2,1-3H3;5-8,17-18,22H,9-16H2,1-4H3,(H,27,30);5-8,19H,9-15H2,1-4H3,(H,23,25);2*1H/t;22-;19-;;/m.10../s1. The molecule has 3 aromatic carbocycles. The lowest BCUT2D eigenvalue weighted by Crippen LogP contribution is -2.48. The smallest absolute Gasteiger partial charge is 0.254 e. The number of aromatic nitrogens is 2. The molecule has 11 nitrogen and oxygen atoms in total. The van der Waals surface area contributed by atoms with Crippen molar-refractivity contribution in [3.05, 3.63) is 124 Å². The maximum atomic E-state index is 12.7. The Morgan fingerprint density at radius 3 is 1.43 bits per heavy atom. The predicted molar refractivity (Wildman–Crippen MR) is 347 cm³/mol. The monoisotopic (exact) mass is 1150 g/mol. The van der Waals surface area contributed by atoms with Gasteiger partial charge >= 0.3 is 0 Å². The van der Waals surface area contributed by atoms with Gasteiger partial charge in [-0.05, 0) is 216 Å². The molecule has 1 aromatic heterocycles. The second-order valence-corrected chi connectivity index (χ2v) is 30.5. The Labute approximate surface area is 510 Å². The van der Waals surface area contributed by atoms with E-state index >= 15 is 0 Å². The number of amides is 2. The molecule has 11 rings (SSSR count). The van der Waals surface area contributed by atoms with Gasteiger partial charge in [0.1, 0.15) is 0 Å². The summed E-state index contributed by atoms with van der Waals surface area (Å²) in [7, 11) is 1.84. The van der Waals surface area contributed by atoms with Crippen LogP contribution in [-0.2, 0) is 37.6 Å². The molecule has 4 aromatic rings. The van der Waals surface area contributed by atoms with Crippen molar-refractivity contribution >= 4 is 17.6 Å². The van der Waals surface area contributed by atoms with E-state index in [0.717, 1.165) is 51.6 Å². The zero-order valence-electron chi connectivity index (χ0n) is 54.1. The van der Waals surface area contributed by atoms with Crippen molar-refractivity contribution in [3.63, 3.8) is 0 Å². The Balaban J connectivity index is 0.000000183. The first-order chi connectivity index (χ1) is 39.9. The van der Waals surface area contributed by atoms with E-state index < -0.39 is 0 Å². The number of fused-ring (bicyclic) bond motifs is 6. The summed E-state index contributed by atoms with van der Waals surface area (Å²) in [6.07, 6.45) is 27.5. The van der Waals surface area contributed by atoms with Crippen LogP contribution >= 0.6 is 0 Å². The Hall–Kier alpha value is -4.68. The van der Waals surface area contributed by atoms with Gasteiger partial charge < -0.3 is 25.2 Å². The van der Waals surface area contributed by atoms with Crippen LogP contribution in [0.4, 0.5) is 0 Å². The van der Waals surface area contributed by atoms with Crippen LogP contribution in [0, 0.1) is 16.2 Å². The summed E-state index contributed by atoms with van der Waals surface area (Å²) in [6.45, 7) is 31.5. The summed E-state index contributed by atoms with van der Waals surface area (Å²) in [5.74, 6) is 0.329. The van der Waals surface area contributed by atoms with Crippen molar-refractivity contribution in [1.82, 2.24) is 35.1 Å². The number of hydrogen-bond acceptors (Lipinski definition) is 8. The van der Waals surface area contributed by atoms with Crippen LogP contribution < -0.4 is 10.6 Å². The van der Waals surface area contributed by atoms with Gasteiger partial charge in [-0.2, -0.15) is 5.10 Å². The van der Waals surface area contributed by atoms with Crippen molar-refractivity contribution in [2.75, 3.05) is 58.9 Å². The summed E-state index contributed by atoms with van der Waals surface area (Å²) in [5.41, 5.74) is 10.7. The second kappa shape index (κ2) is 27.2. The lowest BCUT2D eigenvalue weighted by molar-refractivity contribution is -0.128. The van der Waals surface area contributed by atoms with Crippen molar-refractivity contribution in [2.24, 2.45) is 23.3 Å². The first kappa shape index (κ1) is 63.8. The van der Waals surface area contributed by atoms with E-state index in [1.54, 1.807) is 29.6 Å². The molecule has 0 bridgehead atoms. The number of ether oxygens (including phenoxy) is 1. The molecule has 464 valence electrons. The maximum Gasteiger partial charge on any atom is 0.254 e. The van der Waals surface area contributed by atoms with Gasteiger partial charge in [-0.25, -0.2) is 0 Å². The molecule has 4 aliphatic carbocycles. The second-order valence-electron chi connectivity index (χ2n) is 30.5. The van der Waals surface area contributed by atoms with Gasteiger partial charge in [-0.3, -0.25) is 24.0 Å². The zero-order chi connectivity index (χ0) is 59.9. The van der Waals surface area contributed by atoms with Gasteiger partial charge in [0.05, 0.1) is 42.6 Å². The minimum absolute atomic E-state index is 0. The number of likely N-dealkylation sites (tertiary alicyclic amines) is 3. The van der Waals surface area contributed by atoms with Crippen LogP contribution in [0.5, 0.6) is 0 Å². The van der Waals surface area contributed by atoms with Gasteiger partial charge in [0.25, 0.3) is 5.91 Å². The highest BCUT2D eigenvalue weighted by molar-refractivity contribution is 5.94. The molecule has 7 aliphatic rings. The van der Waals surface area contributed by atoms with Crippen LogP contribution in [0.2, 0.25) is 0 Å².